The van der Waals surface area contributed by atoms with Gasteiger partial charge in [0.05, 0.1) is 19.6 Å². The highest BCUT2D eigenvalue weighted by Crippen LogP contribution is 2.30. The smallest absolute Gasteiger partial charge is 0.232 e. The van der Waals surface area contributed by atoms with Crippen LogP contribution in [0.3, 0.4) is 0 Å². The minimum Gasteiger partial charge on any atom is -0.493 e. The summed E-state index contributed by atoms with van der Waals surface area (Å²) < 4.78 is 16.3. The maximum atomic E-state index is 12.2. The van der Waals surface area contributed by atoms with Crippen LogP contribution in [0.25, 0.3) is 21.7 Å². The molecule has 2 aromatic carbocycles. The van der Waals surface area contributed by atoms with E-state index in [1.165, 1.54) is 17.4 Å². The fourth-order valence-electron chi connectivity index (χ4n) is 2.64. The predicted molar refractivity (Wildman–Crippen MR) is 108 cm³/mol. The molecule has 0 unspecified atom stereocenters. The molecule has 0 fully saturated rings. The third kappa shape index (κ3) is 3.49. The Morgan fingerprint density at radius 3 is 2.68 bits per heavy atom. The minimum absolute atomic E-state index is 0.123. The quantitative estimate of drug-likeness (QED) is 0.475. The summed E-state index contributed by atoms with van der Waals surface area (Å²) in [6.07, 6.45) is 1.66. The van der Waals surface area contributed by atoms with Gasteiger partial charge in [0, 0.05) is 12.3 Å². The maximum Gasteiger partial charge on any atom is 0.232 e. The van der Waals surface area contributed by atoms with Gasteiger partial charge in [-0.2, -0.15) is 0 Å². The van der Waals surface area contributed by atoms with Crippen LogP contribution in [0, 0.1) is 0 Å². The van der Waals surface area contributed by atoms with E-state index in [0.717, 1.165) is 5.56 Å². The number of rotatable bonds is 5. The van der Waals surface area contributed by atoms with Gasteiger partial charge in [-0.05, 0) is 35.9 Å². The molecule has 8 heteroatoms. The van der Waals surface area contributed by atoms with E-state index < -0.39 is 0 Å². The lowest BCUT2D eigenvalue weighted by atomic mass is 10.2. The predicted octanol–water partition coefficient (Wildman–Crippen LogP) is 4.08. The Hall–Kier alpha value is -3.52. The van der Waals surface area contributed by atoms with Gasteiger partial charge in [0.15, 0.2) is 27.7 Å². The number of nitrogens with zero attached hydrogens (tertiary/aromatic N) is 3. The van der Waals surface area contributed by atoms with E-state index >= 15 is 0 Å². The first-order valence-electron chi connectivity index (χ1n) is 8.31. The number of methoxy groups -OCH3 is 2. The topological polar surface area (TPSA) is 86.8 Å². The summed E-state index contributed by atoms with van der Waals surface area (Å²) >= 11 is 1.23. The number of hydrogen-bond acceptors (Lipinski definition) is 8. The monoisotopic (exact) mass is 393 g/mol. The number of benzene rings is 2. The fraction of sp³-hybridized carbons (Fsp3) is 0.100. The second-order valence-electron chi connectivity index (χ2n) is 5.73. The van der Waals surface area contributed by atoms with Crippen LogP contribution in [-0.2, 0) is 0 Å². The normalized spacial score (nSPS) is 11.2. The SMILES string of the molecule is COc1ccc(/C=N/c2nnc(-c3cc(=O)c4ccccc4o3)s2)cc1OC. The van der Waals surface area contributed by atoms with Crippen LogP contribution in [0.5, 0.6) is 11.5 Å². The molecule has 0 radical (unpaired) electrons. The molecule has 2 aromatic heterocycles. The van der Waals surface area contributed by atoms with Gasteiger partial charge in [0.1, 0.15) is 5.58 Å². The Labute approximate surface area is 163 Å². The minimum atomic E-state index is -0.123. The van der Waals surface area contributed by atoms with Gasteiger partial charge >= 0.3 is 0 Å². The second-order valence-corrected chi connectivity index (χ2v) is 6.69. The summed E-state index contributed by atoms with van der Waals surface area (Å²) in [7, 11) is 3.16. The van der Waals surface area contributed by atoms with E-state index in [1.54, 1.807) is 44.7 Å². The highest BCUT2D eigenvalue weighted by molar-refractivity contribution is 7.18. The van der Waals surface area contributed by atoms with Crippen LogP contribution in [0.4, 0.5) is 5.13 Å². The van der Waals surface area contributed by atoms with Crippen molar-refractivity contribution in [3.05, 3.63) is 64.3 Å². The summed E-state index contributed by atoms with van der Waals surface area (Å²) in [5.74, 6) is 1.63. The second kappa shape index (κ2) is 7.61. The molecule has 0 saturated heterocycles. The van der Waals surface area contributed by atoms with E-state index in [4.69, 9.17) is 13.9 Å². The van der Waals surface area contributed by atoms with Crippen molar-refractivity contribution in [3.63, 3.8) is 0 Å². The first-order valence-corrected chi connectivity index (χ1v) is 9.12. The van der Waals surface area contributed by atoms with Gasteiger partial charge in [0.25, 0.3) is 0 Å². The molecular formula is C20H15N3O4S. The van der Waals surface area contributed by atoms with Gasteiger partial charge in [0.2, 0.25) is 5.13 Å². The summed E-state index contributed by atoms with van der Waals surface area (Å²) in [6, 6.07) is 14.0. The Balaban J connectivity index is 1.61. The Bertz CT molecular complexity index is 1230. The molecule has 4 rings (SSSR count). The highest BCUT2D eigenvalue weighted by Gasteiger charge is 2.11. The van der Waals surface area contributed by atoms with Gasteiger partial charge in [-0.25, -0.2) is 4.99 Å². The lowest BCUT2D eigenvalue weighted by Gasteiger charge is -2.07. The van der Waals surface area contributed by atoms with Crippen LogP contribution in [-0.4, -0.2) is 30.6 Å². The molecule has 0 aliphatic carbocycles. The molecule has 4 aromatic rings. The van der Waals surface area contributed by atoms with Crippen molar-refractivity contribution in [1.82, 2.24) is 10.2 Å². The molecule has 0 spiro atoms. The molecule has 28 heavy (non-hydrogen) atoms. The number of aliphatic imine (C=N–C) groups is 1. The molecule has 0 atom stereocenters. The molecule has 0 saturated carbocycles. The molecule has 0 amide bonds. The first kappa shape index (κ1) is 17.9. The fourth-order valence-corrected chi connectivity index (χ4v) is 3.28. The van der Waals surface area contributed by atoms with Crippen molar-refractivity contribution in [2.24, 2.45) is 4.99 Å². The number of aromatic nitrogens is 2. The van der Waals surface area contributed by atoms with Crippen LogP contribution in [0.1, 0.15) is 5.56 Å². The molecule has 2 heterocycles. The molecule has 7 nitrogen and oxygen atoms in total. The third-order valence-electron chi connectivity index (χ3n) is 3.99. The lowest BCUT2D eigenvalue weighted by Crippen LogP contribution is -1.99. The van der Waals surface area contributed by atoms with Crippen molar-refractivity contribution in [2.75, 3.05) is 14.2 Å². The molecule has 0 bridgehead atoms. The molecule has 140 valence electrons. The van der Waals surface area contributed by atoms with Gasteiger partial charge in [-0.1, -0.05) is 23.5 Å². The summed E-state index contributed by atoms with van der Waals surface area (Å²) in [6.45, 7) is 0. The largest absolute Gasteiger partial charge is 0.493 e. The van der Waals surface area contributed by atoms with Crippen LogP contribution in [0.15, 0.2) is 62.7 Å². The van der Waals surface area contributed by atoms with E-state index in [2.05, 4.69) is 15.2 Å². The van der Waals surface area contributed by atoms with E-state index in [1.807, 2.05) is 18.2 Å². The first-order chi connectivity index (χ1) is 13.7. The molecule has 0 aliphatic rings. The molecule has 0 N–H and O–H groups in total. The average Bonchev–Trinajstić information content (AvgIpc) is 3.21. The Morgan fingerprint density at radius 2 is 1.86 bits per heavy atom. The number of para-hydroxylation sites is 1. The molecule has 0 aliphatic heterocycles. The summed E-state index contributed by atoms with van der Waals surface area (Å²) in [5, 5.41) is 9.59. The van der Waals surface area contributed by atoms with E-state index in [0.29, 0.717) is 38.4 Å². The Kier molecular flexibility index (Phi) is 4.86. The van der Waals surface area contributed by atoms with E-state index in [-0.39, 0.29) is 5.43 Å². The van der Waals surface area contributed by atoms with Crippen molar-refractivity contribution < 1.29 is 13.9 Å². The molecular weight excluding hydrogens is 378 g/mol. The van der Waals surface area contributed by atoms with Gasteiger partial charge in [-0.15, -0.1) is 10.2 Å². The number of fused-ring (bicyclic) bond motifs is 1. The van der Waals surface area contributed by atoms with Gasteiger partial charge < -0.3 is 13.9 Å². The average molecular weight is 393 g/mol. The zero-order chi connectivity index (χ0) is 19.5. The van der Waals surface area contributed by atoms with E-state index in [9.17, 15) is 4.79 Å². The maximum absolute atomic E-state index is 12.2. The Morgan fingerprint density at radius 1 is 1.04 bits per heavy atom. The summed E-state index contributed by atoms with van der Waals surface area (Å²) in [5.41, 5.74) is 1.21. The van der Waals surface area contributed by atoms with Crippen molar-refractivity contribution >= 4 is 33.7 Å². The van der Waals surface area contributed by atoms with Crippen molar-refractivity contribution in [3.8, 4) is 22.3 Å². The number of ether oxygens (including phenoxy) is 2. The van der Waals surface area contributed by atoms with Crippen molar-refractivity contribution in [2.45, 2.75) is 0 Å². The van der Waals surface area contributed by atoms with Crippen molar-refractivity contribution in [1.29, 1.82) is 0 Å². The zero-order valence-electron chi connectivity index (χ0n) is 15.1. The van der Waals surface area contributed by atoms with Crippen LogP contribution < -0.4 is 14.9 Å². The van der Waals surface area contributed by atoms with Crippen LogP contribution >= 0.6 is 11.3 Å². The number of hydrogen-bond donors (Lipinski definition) is 0. The zero-order valence-corrected chi connectivity index (χ0v) is 15.9. The summed E-state index contributed by atoms with van der Waals surface area (Å²) in [4.78, 5) is 16.6. The van der Waals surface area contributed by atoms with Crippen LogP contribution in [0.2, 0.25) is 0 Å². The lowest BCUT2D eigenvalue weighted by molar-refractivity contribution is 0.355. The highest BCUT2D eigenvalue weighted by atomic mass is 32.1. The third-order valence-corrected chi connectivity index (χ3v) is 4.84. The van der Waals surface area contributed by atoms with Gasteiger partial charge in [-0.3, -0.25) is 4.79 Å². The standard InChI is InChI=1S/C20H15N3O4S/c1-25-16-8-7-12(9-17(16)26-2)11-21-20-23-22-19(28-20)18-10-14(24)13-5-3-4-6-15(13)27-18/h3-11H,1-2H3/b21-11+.